The molecule has 3 nitrogen and oxygen atoms in total. The van der Waals surface area contributed by atoms with Crippen LogP contribution in [0, 0.1) is 0 Å². The molecule has 0 aliphatic heterocycles. The van der Waals surface area contributed by atoms with Crippen molar-refractivity contribution in [2.24, 2.45) is 0 Å². The molecule has 0 saturated heterocycles. The predicted molar refractivity (Wildman–Crippen MR) is 107 cm³/mol. The van der Waals surface area contributed by atoms with Crippen LogP contribution in [-0.2, 0) is 0 Å². The Bertz CT molecular complexity index is 545. The zero-order valence-corrected chi connectivity index (χ0v) is 15.6. The van der Waals surface area contributed by atoms with Crippen molar-refractivity contribution in [3.05, 3.63) is 72.9 Å². The maximum absolute atomic E-state index is 8.90. The Kier molecular flexibility index (Phi) is 12.2. The summed E-state index contributed by atoms with van der Waals surface area (Å²) in [5.74, 6) is 0.285. The van der Waals surface area contributed by atoms with E-state index in [4.69, 9.17) is 5.11 Å². The first-order valence-corrected chi connectivity index (χ1v) is 8.22. The van der Waals surface area contributed by atoms with Crippen molar-refractivity contribution in [3.8, 4) is 5.75 Å². The maximum Gasteiger partial charge on any atom is 0.116 e. The van der Waals surface area contributed by atoms with E-state index in [-0.39, 0.29) is 5.75 Å². The topological polar surface area (TPSA) is 26.7 Å². The molecular formula is C21H32N2O. The number of phenols is 1. The molecule has 24 heavy (non-hydrogen) atoms. The van der Waals surface area contributed by atoms with Gasteiger partial charge >= 0.3 is 0 Å². The van der Waals surface area contributed by atoms with Crippen LogP contribution in [0.5, 0.6) is 5.75 Å². The first-order chi connectivity index (χ1) is 11.4. The number of aromatic hydroxyl groups is 1. The molecule has 132 valence electrons. The highest BCUT2D eigenvalue weighted by Crippen LogP contribution is 2.10. The Morgan fingerprint density at radius 3 is 2.38 bits per heavy atom. The predicted octanol–water partition coefficient (Wildman–Crippen LogP) is 4.90. The second-order valence-corrected chi connectivity index (χ2v) is 5.62. The lowest BCUT2D eigenvalue weighted by atomic mass is 10.1. The Morgan fingerprint density at radius 2 is 1.92 bits per heavy atom. The molecule has 0 unspecified atom stereocenters. The quantitative estimate of drug-likeness (QED) is 0.543. The SMILES string of the molecule is C=C/C=C(\C=C/CN(C)N(C)C)CCC.C=Cc1cccc(O)c1. The molecule has 0 aliphatic rings. The number of hydrogen-bond acceptors (Lipinski definition) is 3. The number of allylic oxidation sites excluding steroid dienone is 4. The van der Waals surface area contributed by atoms with Crippen molar-refractivity contribution in [2.75, 3.05) is 27.7 Å². The molecular weight excluding hydrogens is 296 g/mol. The number of hydrazine groups is 1. The van der Waals surface area contributed by atoms with Gasteiger partial charge in [0.1, 0.15) is 5.75 Å². The van der Waals surface area contributed by atoms with Crippen LogP contribution < -0.4 is 0 Å². The lowest BCUT2D eigenvalue weighted by Crippen LogP contribution is -2.33. The molecule has 0 saturated carbocycles. The largest absolute Gasteiger partial charge is 0.508 e. The van der Waals surface area contributed by atoms with Crippen LogP contribution in [0.25, 0.3) is 6.08 Å². The number of phenolic OH excluding ortho intramolecular Hbond substituents is 1. The fraction of sp³-hybridized carbons (Fsp3) is 0.333. The summed E-state index contributed by atoms with van der Waals surface area (Å²) in [4.78, 5) is 0. The Balaban J connectivity index is 0.000000496. The number of hydrogen-bond donors (Lipinski definition) is 1. The van der Waals surface area contributed by atoms with Crippen molar-refractivity contribution in [1.82, 2.24) is 10.0 Å². The Morgan fingerprint density at radius 1 is 1.21 bits per heavy atom. The lowest BCUT2D eigenvalue weighted by molar-refractivity contribution is 0.0705. The van der Waals surface area contributed by atoms with E-state index >= 15 is 0 Å². The molecule has 1 aromatic carbocycles. The maximum atomic E-state index is 8.90. The van der Waals surface area contributed by atoms with Crippen LogP contribution in [0.1, 0.15) is 25.3 Å². The van der Waals surface area contributed by atoms with Gasteiger partial charge in [-0.1, -0.05) is 69.0 Å². The van der Waals surface area contributed by atoms with E-state index in [1.165, 1.54) is 12.0 Å². The zero-order chi connectivity index (χ0) is 18.4. The van der Waals surface area contributed by atoms with Crippen molar-refractivity contribution < 1.29 is 5.11 Å². The van der Waals surface area contributed by atoms with E-state index in [0.717, 1.165) is 18.5 Å². The molecule has 0 atom stereocenters. The minimum Gasteiger partial charge on any atom is -0.508 e. The van der Waals surface area contributed by atoms with Crippen molar-refractivity contribution in [1.29, 1.82) is 0 Å². The Labute approximate surface area is 147 Å². The summed E-state index contributed by atoms with van der Waals surface area (Å²) in [7, 11) is 6.15. The molecule has 0 radical (unpaired) electrons. The summed E-state index contributed by atoms with van der Waals surface area (Å²) in [6.07, 6.45) is 12.3. The normalized spacial score (nSPS) is 11.5. The second-order valence-electron chi connectivity index (χ2n) is 5.62. The lowest BCUT2D eigenvalue weighted by Gasteiger charge is -2.22. The first kappa shape index (κ1) is 21.9. The van der Waals surface area contributed by atoms with Crippen LogP contribution in [0.4, 0.5) is 0 Å². The van der Waals surface area contributed by atoms with E-state index in [2.05, 4.69) is 55.4 Å². The van der Waals surface area contributed by atoms with Gasteiger partial charge in [-0.3, -0.25) is 0 Å². The van der Waals surface area contributed by atoms with Gasteiger partial charge in [0.2, 0.25) is 0 Å². The standard InChI is InChI=1S/C13H24N2.C8H8O/c1-6-9-13(10-7-2)11-8-12-15(5)14(3)4;1-2-7-4-3-5-8(9)6-7/h6,8-9,11H,1,7,10,12H2,2-5H3;2-6,9H,1H2/b11-8-,13-9-;. The highest BCUT2D eigenvalue weighted by Gasteiger charge is 1.96. The molecule has 1 rings (SSSR count). The molecule has 3 heteroatoms. The fourth-order valence-corrected chi connectivity index (χ4v) is 1.83. The van der Waals surface area contributed by atoms with Gasteiger partial charge in [-0.15, -0.1) is 0 Å². The molecule has 0 aliphatic carbocycles. The van der Waals surface area contributed by atoms with E-state index < -0.39 is 0 Å². The van der Waals surface area contributed by atoms with Crippen LogP contribution in [-0.4, -0.2) is 42.8 Å². The van der Waals surface area contributed by atoms with Gasteiger partial charge in [0.25, 0.3) is 0 Å². The summed E-state index contributed by atoms with van der Waals surface area (Å²) in [5.41, 5.74) is 2.29. The van der Waals surface area contributed by atoms with E-state index in [9.17, 15) is 0 Å². The van der Waals surface area contributed by atoms with E-state index in [1.54, 1.807) is 24.3 Å². The summed E-state index contributed by atoms with van der Waals surface area (Å²) in [5, 5.41) is 13.1. The summed E-state index contributed by atoms with van der Waals surface area (Å²) < 4.78 is 0. The smallest absolute Gasteiger partial charge is 0.116 e. The van der Waals surface area contributed by atoms with Gasteiger partial charge in [0, 0.05) is 27.7 Å². The van der Waals surface area contributed by atoms with E-state index in [1.807, 2.05) is 26.2 Å². The molecule has 0 amide bonds. The van der Waals surface area contributed by atoms with Gasteiger partial charge < -0.3 is 5.11 Å². The first-order valence-electron chi connectivity index (χ1n) is 8.22. The molecule has 0 bridgehead atoms. The average molecular weight is 328 g/mol. The number of rotatable bonds is 8. The third-order valence-electron chi connectivity index (χ3n) is 3.36. The van der Waals surface area contributed by atoms with Gasteiger partial charge in [0.05, 0.1) is 0 Å². The summed E-state index contributed by atoms with van der Waals surface area (Å²) in [6, 6.07) is 6.96. The van der Waals surface area contributed by atoms with Crippen molar-refractivity contribution >= 4 is 6.08 Å². The van der Waals surface area contributed by atoms with Gasteiger partial charge in [-0.25, -0.2) is 10.0 Å². The number of benzene rings is 1. The molecule has 1 aromatic rings. The van der Waals surface area contributed by atoms with Crippen LogP contribution >= 0.6 is 0 Å². The van der Waals surface area contributed by atoms with Gasteiger partial charge in [0.15, 0.2) is 0 Å². The molecule has 0 fully saturated rings. The van der Waals surface area contributed by atoms with Crippen LogP contribution in [0.2, 0.25) is 0 Å². The number of likely N-dealkylation sites (N-methyl/N-ethyl adjacent to an activating group) is 1. The number of nitrogens with zero attached hydrogens (tertiary/aromatic N) is 2. The van der Waals surface area contributed by atoms with Gasteiger partial charge in [-0.05, 0) is 29.7 Å². The average Bonchev–Trinajstić information content (AvgIpc) is 2.55. The molecule has 1 N–H and O–H groups in total. The third kappa shape index (κ3) is 10.6. The van der Waals surface area contributed by atoms with E-state index in [0.29, 0.717) is 0 Å². The van der Waals surface area contributed by atoms with Gasteiger partial charge in [-0.2, -0.15) is 0 Å². The summed E-state index contributed by atoms with van der Waals surface area (Å²) in [6.45, 7) is 10.4. The van der Waals surface area contributed by atoms with Crippen LogP contribution in [0.15, 0.2) is 67.3 Å². The summed E-state index contributed by atoms with van der Waals surface area (Å²) >= 11 is 0. The zero-order valence-electron chi connectivity index (χ0n) is 15.6. The molecule has 0 aromatic heterocycles. The monoisotopic (exact) mass is 328 g/mol. The third-order valence-corrected chi connectivity index (χ3v) is 3.36. The molecule has 0 spiro atoms. The highest BCUT2D eigenvalue weighted by atomic mass is 16.3. The fourth-order valence-electron chi connectivity index (χ4n) is 1.83. The second kappa shape index (κ2) is 13.3. The minimum atomic E-state index is 0.285. The highest BCUT2D eigenvalue weighted by molar-refractivity contribution is 5.49. The Hall–Kier alpha value is -2.10. The van der Waals surface area contributed by atoms with Crippen LogP contribution in [0.3, 0.4) is 0 Å². The molecule has 0 heterocycles. The minimum absolute atomic E-state index is 0.285. The van der Waals surface area contributed by atoms with Crippen molar-refractivity contribution in [3.63, 3.8) is 0 Å². The van der Waals surface area contributed by atoms with Crippen molar-refractivity contribution in [2.45, 2.75) is 19.8 Å².